The second-order valence-corrected chi connectivity index (χ2v) is 8.53. The van der Waals surface area contributed by atoms with Crippen molar-refractivity contribution >= 4 is 0 Å². The molecule has 1 rings (SSSR count). The Morgan fingerprint density at radius 1 is 1.11 bits per heavy atom. The minimum atomic E-state index is 0.464. The van der Waals surface area contributed by atoms with Crippen LogP contribution < -0.4 is 5.32 Å². The summed E-state index contributed by atoms with van der Waals surface area (Å²) in [5.41, 5.74) is 0.464. The van der Waals surface area contributed by atoms with Gasteiger partial charge in [-0.25, -0.2) is 0 Å². The predicted molar refractivity (Wildman–Crippen MR) is 86.4 cm³/mol. The van der Waals surface area contributed by atoms with Gasteiger partial charge < -0.3 is 5.32 Å². The molecule has 114 valence electrons. The lowest BCUT2D eigenvalue weighted by molar-refractivity contribution is 0.155. The first-order valence-electron chi connectivity index (χ1n) is 8.40. The molecule has 1 N–H and O–H groups in total. The number of rotatable bonds is 5. The average molecular weight is 268 g/mol. The molecule has 0 bridgehead atoms. The molecule has 1 saturated carbocycles. The molecule has 1 aliphatic rings. The SMILES string of the molecule is CNC(CC(C)CC(C)(C)C)C1CCC(C)C(C)C1. The van der Waals surface area contributed by atoms with Crippen molar-refractivity contribution in [2.75, 3.05) is 7.05 Å². The van der Waals surface area contributed by atoms with Gasteiger partial charge in [0.1, 0.15) is 0 Å². The van der Waals surface area contributed by atoms with E-state index in [2.05, 4.69) is 53.9 Å². The normalized spacial score (nSPS) is 32.1. The Hall–Kier alpha value is -0.0400. The highest BCUT2D eigenvalue weighted by molar-refractivity contribution is 4.84. The first-order chi connectivity index (χ1) is 8.73. The van der Waals surface area contributed by atoms with E-state index >= 15 is 0 Å². The van der Waals surface area contributed by atoms with Crippen LogP contribution in [0.15, 0.2) is 0 Å². The van der Waals surface area contributed by atoms with Crippen LogP contribution in [-0.2, 0) is 0 Å². The predicted octanol–water partition coefficient (Wildman–Crippen LogP) is 5.11. The summed E-state index contributed by atoms with van der Waals surface area (Å²) in [4.78, 5) is 0. The van der Waals surface area contributed by atoms with E-state index in [4.69, 9.17) is 0 Å². The molecule has 0 aromatic rings. The van der Waals surface area contributed by atoms with E-state index in [1.807, 2.05) is 0 Å². The largest absolute Gasteiger partial charge is 0.317 e. The summed E-state index contributed by atoms with van der Waals surface area (Å²) in [6.45, 7) is 14.4. The van der Waals surface area contributed by atoms with Gasteiger partial charge in [-0.15, -0.1) is 0 Å². The van der Waals surface area contributed by atoms with Crippen LogP contribution >= 0.6 is 0 Å². The van der Waals surface area contributed by atoms with Gasteiger partial charge >= 0.3 is 0 Å². The zero-order valence-corrected chi connectivity index (χ0v) is 14.4. The summed E-state index contributed by atoms with van der Waals surface area (Å²) in [5, 5.41) is 3.62. The van der Waals surface area contributed by atoms with Crippen LogP contribution in [0.5, 0.6) is 0 Å². The minimum Gasteiger partial charge on any atom is -0.317 e. The van der Waals surface area contributed by atoms with Gasteiger partial charge in [-0.2, -0.15) is 0 Å². The van der Waals surface area contributed by atoms with E-state index in [-0.39, 0.29) is 0 Å². The third kappa shape index (κ3) is 5.85. The Labute approximate surface area is 121 Å². The van der Waals surface area contributed by atoms with Crippen LogP contribution in [-0.4, -0.2) is 13.1 Å². The van der Waals surface area contributed by atoms with E-state index in [1.165, 1.54) is 32.1 Å². The third-order valence-corrected chi connectivity index (χ3v) is 5.20. The minimum absolute atomic E-state index is 0.464. The molecule has 1 fully saturated rings. The lowest BCUT2D eigenvalue weighted by atomic mass is 9.71. The van der Waals surface area contributed by atoms with Crippen molar-refractivity contribution in [2.45, 2.75) is 79.7 Å². The zero-order chi connectivity index (χ0) is 14.6. The smallest absolute Gasteiger partial charge is 0.00949 e. The monoisotopic (exact) mass is 267 g/mol. The van der Waals surface area contributed by atoms with Crippen LogP contribution in [0.25, 0.3) is 0 Å². The number of hydrogen-bond donors (Lipinski definition) is 1. The van der Waals surface area contributed by atoms with Gasteiger partial charge in [-0.1, -0.05) is 48.0 Å². The summed E-state index contributed by atoms with van der Waals surface area (Å²) < 4.78 is 0. The summed E-state index contributed by atoms with van der Waals surface area (Å²) >= 11 is 0. The molecule has 1 heteroatoms. The molecule has 19 heavy (non-hydrogen) atoms. The highest BCUT2D eigenvalue weighted by Crippen LogP contribution is 2.37. The van der Waals surface area contributed by atoms with Crippen molar-refractivity contribution < 1.29 is 0 Å². The van der Waals surface area contributed by atoms with Gasteiger partial charge in [-0.05, 0) is 61.8 Å². The van der Waals surface area contributed by atoms with E-state index < -0.39 is 0 Å². The standard InChI is InChI=1S/C18H37N/c1-13(12-18(4,5)6)10-17(19-7)16-9-8-14(2)15(3)11-16/h13-17,19H,8-12H2,1-7H3. The van der Waals surface area contributed by atoms with Gasteiger partial charge in [0.05, 0.1) is 0 Å². The van der Waals surface area contributed by atoms with Crippen molar-refractivity contribution in [1.82, 2.24) is 5.32 Å². The van der Waals surface area contributed by atoms with E-state index in [9.17, 15) is 0 Å². The molecule has 0 aromatic heterocycles. The molecule has 0 spiro atoms. The highest BCUT2D eigenvalue weighted by Gasteiger charge is 2.30. The quantitative estimate of drug-likeness (QED) is 0.730. The maximum atomic E-state index is 3.62. The summed E-state index contributed by atoms with van der Waals surface area (Å²) in [7, 11) is 2.16. The molecule has 1 nitrogen and oxygen atoms in total. The van der Waals surface area contributed by atoms with Gasteiger partial charge in [0.25, 0.3) is 0 Å². The maximum Gasteiger partial charge on any atom is 0.00949 e. The Morgan fingerprint density at radius 3 is 2.21 bits per heavy atom. The molecule has 0 aliphatic heterocycles. The topological polar surface area (TPSA) is 12.0 Å². The Bertz CT molecular complexity index is 253. The second-order valence-electron chi connectivity index (χ2n) is 8.53. The lowest BCUT2D eigenvalue weighted by Gasteiger charge is -2.38. The van der Waals surface area contributed by atoms with Crippen LogP contribution in [0.2, 0.25) is 0 Å². The Kier molecular flexibility index (Phi) is 6.36. The first kappa shape index (κ1) is 17.0. The molecule has 0 radical (unpaired) electrons. The van der Waals surface area contributed by atoms with Gasteiger partial charge in [0, 0.05) is 6.04 Å². The summed E-state index contributed by atoms with van der Waals surface area (Å²) in [6, 6.07) is 0.729. The lowest BCUT2D eigenvalue weighted by Crippen LogP contribution is -2.39. The van der Waals surface area contributed by atoms with Gasteiger partial charge in [-0.3, -0.25) is 0 Å². The molecular formula is C18H37N. The Balaban J connectivity index is 2.49. The van der Waals surface area contributed by atoms with Gasteiger partial charge in [0.15, 0.2) is 0 Å². The van der Waals surface area contributed by atoms with E-state index in [0.29, 0.717) is 5.41 Å². The third-order valence-electron chi connectivity index (χ3n) is 5.20. The number of hydrogen-bond acceptors (Lipinski definition) is 1. The van der Waals surface area contributed by atoms with Crippen molar-refractivity contribution in [3.8, 4) is 0 Å². The van der Waals surface area contributed by atoms with Crippen LogP contribution in [0.4, 0.5) is 0 Å². The molecule has 1 aliphatic carbocycles. The van der Waals surface area contributed by atoms with Crippen molar-refractivity contribution in [2.24, 2.45) is 29.1 Å². The second kappa shape index (κ2) is 7.11. The fourth-order valence-corrected chi connectivity index (χ4v) is 4.06. The van der Waals surface area contributed by atoms with Gasteiger partial charge in [0.2, 0.25) is 0 Å². The van der Waals surface area contributed by atoms with Crippen LogP contribution in [0.3, 0.4) is 0 Å². The average Bonchev–Trinajstić information content (AvgIpc) is 2.27. The number of nitrogens with one attached hydrogen (secondary N) is 1. The molecule has 0 aromatic carbocycles. The van der Waals surface area contributed by atoms with E-state index in [1.54, 1.807) is 0 Å². The highest BCUT2D eigenvalue weighted by atomic mass is 14.9. The maximum absolute atomic E-state index is 3.62. The molecule has 0 amide bonds. The van der Waals surface area contributed by atoms with Crippen molar-refractivity contribution in [3.05, 3.63) is 0 Å². The van der Waals surface area contributed by atoms with Crippen molar-refractivity contribution in [1.29, 1.82) is 0 Å². The van der Waals surface area contributed by atoms with Crippen molar-refractivity contribution in [3.63, 3.8) is 0 Å². The molecular weight excluding hydrogens is 230 g/mol. The Morgan fingerprint density at radius 2 is 1.74 bits per heavy atom. The molecule has 5 unspecified atom stereocenters. The van der Waals surface area contributed by atoms with E-state index in [0.717, 1.165) is 29.7 Å². The zero-order valence-electron chi connectivity index (χ0n) is 14.4. The summed E-state index contributed by atoms with van der Waals surface area (Å²) in [6.07, 6.45) is 6.97. The summed E-state index contributed by atoms with van der Waals surface area (Å²) in [5.74, 6) is 3.57. The van der Waals surface area contributed by atoms with Crippen LogP contribution in [0, 0.1) is 29.1 Å². The fourth-order valence-electron chi connectivity index (χ4n) is 4.06. The first-order valence-corrected chi connectivity index (χ1v) is 8.40. The fraction of sp³-hybridized carbons (Fsp3) is 1.00. The molecule has 5 atom stereocenters. The van der Waals surface area contributed by atoms with Crippen LogP contribution in [0.1, 0.15) is 73.6 Å². The molecule has 0 heterocycles. The molecule has 0 saturated heterocycles.